The smallest absolute Gasteiger partial charge is 0.268 e. The second-order valence-corrected chi connectivity index (χ2v) is 7.73. The highest BCUT2D eigenvalue weighted by atomic mass is 35.5. The maximum absolute atomic E-state index is 12.4. The molecule has 3 rings (SSSR count). The number of carbonyl (C=O) groups is 1. The van der Waals surface area contributed by atoms with Crippen molar-refractivity contribution >= 4 is 27.5 Å². The molecule has 1 aliphatic heterocycles. The molecule has 2 aromatic rings. The second kappa shape index (κ2) is 6.34. The average Bonchev–Trinajstić information content (AvgIpc) is 2.74. The predicted molar refractivity (Wildman–Crippen MR) is 89.1 cm³/mol. The SMILES string of the molecule is O=C1c2ccccc2S(=O)(=O)N1CCCCc1ccc(Cl)cc1. The third-order valence-electron chi connectivity index (χ3n) is 3.90. The number of benzene rings is 2. The van der Waals surface area contributed by atoms with Crippen molar-refractivity contribution in [2.75, 3.05) is 6.54 Å². The Labute approximate surface area is 140 Å². The molecule has 6 heteroatoms. The molecule has 23 heavy (non-hydrogen) atoms. The summed E-state index contributed by atoms with van der Waals surface area (Å²) in [6.45, 7) is 0.212. The molecule has 0 N–H and O–H groups in total. The standard InChI is InChI=1S/C17H16ClNO3S/c18-14-10-8-13(9-11-14)5-3-4-12-19-17(20)15-6-1-2-7-16(15)23(19,21)22/h1-2,6-11H,3-5,12H2. The van der Waals surface area contributed by atoms with E-state index in [0.717, 1.165) is 22.7 Å². The van der Waals surface area contributed by atoms with Crippen molar-refractivity contribution in [2.24, 2.45) is 0 Å². The summed E-state index contributed by atoms with van der Waals surface area (Å²) in [4.78, 5) is 12.4. The zero-order chi connectivity index (χ0) is 16.4. The summed E-state index contributed by atoms with van der Waals surface area (Å²) < 4.78 is 25.8. The fourth-order valence-electron chi connectivity index (χ4n) is 2.69. The van der Waals surface area contributed by atoms with Crippen LogP contribution in [-0.4, -0.2) is 25.2 Å². The minimum absolute atomic E-state index is 0.114. The van der Waals surface area contributed by atoms with Gasteiger partial charge in [-0.25, -0.2) is 12.7 Å². The Balaban J connectivity index is 1.61. The molecule has 1 heterocycles. The number of halogens is 1. The first-order chi connectivity index (χ1) is 11.0. The molecule has 120 valence electrons. The lowest BCUT2D eigenvalue weighted by molar-refractivity contribution is 0.0869. The minimum Gasteiger partial charge on any atom is -0.268 e. The first-order valence-electron chi connectivity index (χ1n) is 7.41. The second-order valence-electron chi connectivity index (χ2n) is 5.46. The van der Waals surface area contributed by atoms with Crippen LogP contribution in [0.3, 0.4) is 0 Å². The quantitative estimate of drug-likeness (QED) is 0.776. The van der Waals surface area contributed by atoms with Gasteiger partial charge >= 0.3 is 0 Å². The molecule has 0 aromatic heterocycles. The third kappa shape index (κ3) is 3.12. The molecular weight excluding hydrogens is 334 g/mol. The third-order valence-corrected chi connectivity index (χ3v) is 5.99. The summed E-state index contributed by atoms with van der Waals surface area (Å²) >= 11 is 5.84. The van der Waals surface area contributed by atoms with Crippen LogP contribution in [-0.2, 0) is 16.4 Å². The summed E-state index contributed by atoms with van der Waals surface area (Å²) in [5, 5.41) is 0.695. The van der Waals surface area contributed by atoms with Crippen LogP contribution in [0.4, 0.5) is 0 Å². The Morgan fingerprint density at radius 1 is 0.957 bits per heavy atom. The number of fused-ring (bicyclic) bond motifs is 1. The summed E-state index contributed by atoms with van der Waals surface area (Å²) in [6, 6.07) is 13.9. The average molecular weight is 350 g/mol. The van der Waals surface area contributed by atoms with Crippen LogP contribution in [0.15, 0.2) is 53.4 Å². The van der Waals surface area contributed by atoms with Crippen molar-refractivity contribution in [3.05, 3.63) is 64.7 Å². The Bertz CT molecular complexity index is 831. The normalized spacial score (nSPS) is 15.7. The number of hydrogen-bond donors (Lipinski definition) is 0. The lowest BCUT2D eigenvalue weighted by atomic mass is 10.1. The van der Waals surface area contributed by atoms with Gasteiger partial charge in [-0.2, -0.15) is 0 Å². The van der Waals surface area contributed by atoms with Crippen molar-refractivity contribution < 1.29 is 13.2 Å². The van der Waals surface area contributed by atoms with Gasteiger partial charge in [0.15, 0.2) is 0 Å². The number of sulfonamides is 1. The van der Waals surface area contributed by atoms with Crippen LogP contribution in [0.2, 0.25) is 5.02 Å². The molecule has 0 bridgehead atoms. The van der Waals surface area contributed by atoms with Crippen molar-refractivity contribution in [1.82, 2.24) is 4.31 Å². The molecule has 0 aliphatic carbocycles. The molecule has 0 unspecified atom stereocenters. The highest BCUT2D eigenvalue weighted by Crippen LogP contribution is 2.30. The number of unbranched alkanes of at least 4 members (excludes halogenated alkanes) is 1. The Hall–Kier alpha value is -1.85. The lowest BCUT2D eigenvalue weighted by Gasteiger charge is -2.14. The van der Waals surface area contributed by atoms with Gasteiger partial charge in [0.05, 0.1) is 5.56 Å². The molecule has 0 fully saturated rings. The van der Waals surface area contributed by atoms with Crippen LogP contribution >= 0.6 is 11.6 Å². The number of carbonyl (C=O) groups excluding carboxylic acids is 1. The highest BCUT2D eigenvalue weighted by Gasteiger charge is 2.40. The number of aryl methyl sites for hydroxylation is 1. The van der Waals surface area contributed by atoms with E-state index >= 15 is 0 Å². The predicted octanol–water partition coefficient (Wildman–Crippen LogP) is 3.51. The topological polar surface area (TPSA) is 54.5 Å². The van der Waals surface area contributed by atoms with Crippen molar-refractivity contribution in [1.29, 1.82) is 0 Å². The van der Waals surface area contributed by atoms with Gasteiger partial charge in [-0.3, -0.25) is 4.79 Å². The largest absolute Gasteiger partial charge is 0.269 e. The minimum atomic E-state index is -3.68. The first-order valence-corrected chi connectivity index (χ1v) is 9.22. The monoisotopic (exact) mass is 349 g/mol. The molecule has 1 amide bonds. The molecule has 0 radical (unpaired) electrons. The van der Waals surface area contributed by atoms with Crippen LogP contribution in [0.25, 0.3) is 0 Å². The Morgan fingerprint density at radius 2 is 1.65 bits per heavy atom. The van der Waals surface area contributed by atoms with Gasteiger partial charge in [0.2, 0.25) is 0 Å². The van der Waals surface area contributed by atoms with E-state index in [-0.39, 0.29) is 17.0 Å². The molecular formula is C17H16ClNO3S. The van der Waals surface area contributed by atoms with E-state index in [9.17, 15) is 13.2 Å². The van der Waals surface area contributed by atoms with Crippen LogP contribution < -0.4 is 0 Å². The maximum Gasteiger partial charge on any atom is 0.269 e. The van der Waals surface area contributed by atoms with E-state index in [1.54, 1.807) is 18.2 Å². The lowest BCUT2D eigenvalue weighted by Crippen LogP contribution is -2.31. The fourth-order valence-corrected chi connectivity index (χ4v) is 4.42. The van der Waals surface area contributed by atoms with Crippen LogP contribution in [0.1, 0.15) is 28.8 Å². The van der Waals surface area contributed by atoms with E-state index < -0.39 is 15.9 Å². The summed E-state index contributed by atoms with van der Waals surface area (Å²) in [6.07, 6.45) is 2.26. The van der Waals surface area contributed by atoms with E-state index in [1.807, 2.05) is 24.3 Å². The van der Waals surface area contributed by atoms with Crippen LogP contribution in [0.5, 0.6) is 0 Å². The zero-order valence-electron chi connectivity index (χ0n) is 12.4. The van der Waals surface area contributed by atoms with Gasteiger partial charge in [-0.1, -0.05) is 35.9 Å². The van der Waals surface area contributed by atoms with Gasteiger partial charge in [0, 0.05) is 11.6 Å². The number of nitrogens with zero attached hydrogens (tertiary/aromatic N) is 1. The van der Waals surface area contributed by atoms with E-state index in [2.05, 4.69) is 0 Å². The van der Waals surface area contributed by atoms with Crippen molar-refractivity contribution in [3.8, 4) is 0 Å². The fraction of sp³-hybridized carbons (Fsp3) is 0.235. The van der Waals surface area contributed by atoms with Crippen LogP contribution in [0, 0.1) is 0 Å². The van der Waals surface area contributed by atoms with Gasteiger partial charge in [-0.05, 0) is 49.1 Å². The van der Waals surface area contributed by atoms with Gasteiger partial charge < -0.3 is 0 Å². The molecule has 0 saturated heterocycles. The van der Waals surface area contributed by atoms with E-state index in [1.165, 1.54) is 6.07 Å². The molecule has 0 spiro atoms. The van der Waals surface area contributed by atoms with Gasteiger partial charge in [-0.15, -0.1) is 0 Å². The molecule has 0 saturated carbocycles. The summed E-state index contributed by atoms with van der Waals surface area (Å²) in [5.74, 6) is -0.424. The number of hydrogen-bond acceptors (Lipinski definition) is 3. The first kappa shape index (κ1) is 16.0. The number of amides is 1. The zero-order valence-corrected chi connectivity index (χ0v) is 14.0. The highest BCUT2D eigenvalue weighted by molar-refractivity contribution is 7.90. The van der Waals surface area contributed by atoms with Crippen molar-refractivity contribution in [3.63, 3.8) is 0 Å². The van der Waals surface area contributed by atoms with Gasteiger partial charge in [0.25, 0.3) is 15.9 Å². The molecule has 1 aliphatic rings. The Morgan fingerprint density at radius 3 is 2.35 bits per heavy atom. The molecule has 0 atom stereocenters. The number of rotatable bonds is 5. The summed E-state index contributed by atoms with van der Waals surface area (Å²) in [7, 11) is -3.68. The molecule has 4 nitrogen and oxygen atoms in total. The summed E-state index contributed by atoms with van der Waals surface area (Å²) in [5.41, 5.74) is 1.42. The van der Waals surface area contributed by atoms with Gasteiger partial charge in [0.1, 0.15) is 4.90 Å². The maximum atomic E-state index is 12.4. The van der Waals surface area contributed by atoms with E-state index in [4.69, 9.17) is 11.6 Å². The Kier molecular flexibility index (Phi) is 4.41. The van der Waals surface area contributed by atoms with E-state index in [0.29, 0.717) is 11.4 Å². The molecule has 2 aromatic carbocycles. The van der Waals surface area contributed by atoms with Crippen molar-refractivity contribution in [2.45, 2.75) is 24.2 Å².